The van der Waals surface area contributed by atoms with E-state index in [1.165, 1.54) is 7.11 Å². The zero-order chi connectivity index (χ0) is 14.9. The van der Waals surface area contributed by atoms with Gasteiger partial charge in [-0.1, -0.05) is 18.2 Å². The molecule has 5 heteroatoms. The number of ether oxygens (including phenoxy) is 1. The molecule has 5 nitrogen and oxygen atoms in total. The van der Waals surface area contributed by atoms with E-state index in [0.29, 0.717) is 19.0 Å². The van der Waals surface area contributed by atoms with E-state index in [1.54, 1.807) is 0 Å². The molecule has 0 amide bonds. The van der Waals surface area contributed by atoms with Gasteiger partial charge in [0.2, 0.25) is 0 Å². The van der Waals surface area contributed by atoms with Crippen molar-refractivity contribution in [2.75, 3.05) is 7.11 Å². The third kappa shape index (κ3) is 2.93. The zero-order valence-electron chi connectivity index (χ0n) is 12.5. The summed E-state index contributed by atoms with van der Waals surface area (Å²) in [6.45, 7) is 2.60. The Balaban J connectivity index is 1.75. The van der Waals surface area contributed by atoms with Crippen molar-refractivity contribution in [3.63, 3.8) is 0 Å². The zero-order valence-corrected chi connectivity index (χ0v) is 12.5. The summed E-state index contributed by atoms with van der Waals surface area (Å²) in [7, 11) is 1.44. The van der Waals surface area contributed by atoms with Crippen molar-refractivity contribution in [1.29, 1.82) is 0 Å². The summed E-state index contributed by atoms with van der Waals surface area (Å²) in [5.41, 5.74) is 0.444. The van der Waals surface area contributed by atoms with Crippen LogP contribution in [0.25, 0.3) is 10.9 Å². The molecule has 1 aliphatic carbocycles. The Labute approximate surface area is 124 Å². The van der Waals surface area contributed by atoms with Crippen molar-refractivity contribution >= 4 is 16.9 Å². The molecule has 2 aromatic rings. The van der Waals surface area contributed by atoms with Crippen LogP contribution in [0.15, 0.2) is 30.5 Å². The quantitative estimate of drug-likeness (QED) is 0.827. The Morgan fingerprint density at radius 2 is 2.24 bits per heavy atom. The lowest BCUT2D eigenvalue weighted by atomic mass is 9.97. The van der Waals surface area contributed by atoms with Crippen molar-refractivity contribution in [2.24, 2.45) is 0 Å². The Bertz CT molecular complexity index is 648. The molecule has 112 valence electrons. The van der Waals surface area contributed by atoms with E-state index >= 15 is 0 Å². The number of fused-ring (bicyclic) bond motifs is 1. The lowest BCUT2D eigenvalue weighted by molar-refractivity contribution is -0.148. The van der Waals surface area contributed by atoms with E-state index < -0.39 is 5.54 Å². The normalized spacial score (nSPS) is 17.6. The first-order valence-corrected chi connectivity index (χ1v) is 7.39. The molecule has 1 aromatic heterocycles. The molecule has 1 heterocycles. The minimum Gasteiger partial charge on any atom is -0.468 e. The monoisotopic (exact) mass is 287 g/mol. The fraction of sp³-hybridized carbons (Fsp3) is 0.500. The maximum Gasteiger partial charge on any atom is 0.325 e. The average molecular weight is 287 g/mol. The standard InChI is InChI=1S/C16H21N3O2/c1-16(15(20)21-2,18-13-7-8-13)9-10-19-14-6-4-3-5-12(14)11-17-19/h3-6,11,13,18H,7-10H2,1-2H3. The van der Waals surface area contributed by atoms with Gasteiger partial charge in [0.15, 0.2) is 0 Å². The topological polar surface area (TPSA) is 56.2 Å². The number of rotatable bonds is 6. The largest absolute Gasteiger partial charge is 0.468 e. The van der Waals surface area contributed by atoms with Crippen LogP contribution in [0.3, 0.4) is 0 Å². The first-order chi connectivity index (χ1) is 10.1. The minimum absolute atomic E-state index is 0.203. The second-order valence-electron chi connectivity index (χ2n) is 5.92. The molecule has 0 bridgehead atoms. The van der Waals surface area contributed by atoms with Crippen LogP contribution in [-0.4, -0.2) is 34.4 Å². The summed E-state index contributed by atoms with van der Waals surface area (Å²) < 4.78 is 6.92. The number of para-hydroxylation sites is 1. The first kappa shape index (κ1) is 14.1. The van der Waals surface area contributed by atoms with Gasteiger partial charge < -0.3 is 4.74 Å². The Kier molecular flexibility index (Phi) is 3.68. The van der Waals surface area contributed by atoms with Gasteiger partial charge in [0.05, 0.1) is 18.8 Å². The van der Waals surface area contributed by atoms with Gasteiger partial charge in [0, 0.05) is 18.0 Å². The maximum atomic E-state index is 12.1. The summed E-state index contributed by atoms with van der Waals surface area (Å²) in [6, 6.07) is 8.54. The molecule has 1 unspecified atom stereocenters. The number of carbonyl (C=O) groups is 1. The molecule has 1 aliphatic rings. The van der Waals surface area contributed by atoms with Gasteiger partial charge >= 0.3 is 5.97 Å². The van der Waals surface area contributed by atoms with Gasteiger partial charge in [-0.2, -0.15) is 5.10 Å². The van der Waals surface area contributed by atoms with Crippen molar-refractivity contribution in [3.8, 4) is 0 Å². The lowest BCUT2D eigenvalue weighted by Crippen LogP contribution is -2.51. The van der Waals surface area contributed by atoms with Gasteiger partial charge in [-0.15, -0.1) is 0 Å². The van der Waals surface area contributed by atoms with Crippen LogP contribution in [0.1, 0.15) is 26.2 Å². The second kappa shape index (κ2) is 5.48. The van der Waals surface area contributed by atoms with Gasteiger partial charge in [-0.25, -0.2) is 0 Å². The fourth-order valence-corrected chi connectivity index (χ4v) is 2.67. The molecule has 1 N–H and O–H groups in total. The molecule has 0 spiro atoms. The van der Waals surface area contributed by atoms with Crippen molar-refractivity contribution in [1.82, 2.24) is 15.1 Å². The van der Waals surface area contributed by atoms with Crippen LogP contribution in [0.2, 0.25) is 0 Å². The molecule has 0 radical (unpaired) electrons. The Hall–Kier alpha value is -1.88. The SMILES string of the molecule is COC(=O)C(C)(CCn1ncc2ccccc21)NC1CC1. The predicted octanol–water partition coefficient (Wildman–Crippen LogP) is 2.11. The molecular weight excluding hydrogens is 266 g/mol. The third-order valence-corrected chi connectivity index (χ3v) is 4.11. The number of esters is 1. The fourth-order valence-electron chi connectivity index (χ4n) is 2.67. The van der Waals surface area contributed by atoms with E-state index in [4.69, 9.17) is 4.74 Å². The van der Waals surface area contributed by atoms with E-state index in [0.717, 1.165) is 23.7 Å². The smallest absolute Gasteiger partial charge is 0.325 e. The van der Waals surface area contributed by atoms with Crippen LogP contribution in [0, 0.1) is 0 Å². The summed E-state index contributed by atoms with van der Waals surface area (Å²) in [4.78, 5) is 12.1. The molecular formula is C16H21N3O2. The van der Waals surface area contributed by atoms with E-state index in [2.05, 4.69) is 10.4 Å². The first-order valence-electron chi connectivity index (χ1n) is 7.39. The molecule has 3 rings (SSSR count). The molecule has 1 saturated carbocycles. The van der Waals surface area contributed by atoms with Crippen molar-refractivity contribution in [2.45, 2.75) is 44.3 Å². The van der Waals surface area contributed by atoms with Crippen LogP contribution in [0.4, 0.5) is 0 Å². The number of nitrogens with one attached hydrogen (secondary N) is 1. The number of aryl methyl sites for hydroxylation is 1. The molecule has 1 aromatic carbocycles. The number of hydrogen-bond donors (Lipinski definition) is 1. The third-order valence-electron chi connectivity index (χ3n) is 4.11. The van der Waals surface area contributed by atoms with Gasteiger partial charge in [0.1, 0.15) is 5.54 Å². The minimum atomic E-state index is -0.650. The number of nitrogens with zero attached hydrogens (tertiary/aromatic N) is 2. The lowest BCUT2D eigenvalue weighted by Gasteiger charge is -2.28. The number of carbonyl (C=O) groups excluding carboxylic acids is 1. The summed E-state index contributed by atoms with van der Waals surface area (Å²) >= 11 is 0. The predicted molar refractivity (Wildman–Crippen MR) is 80.9 cm³/mol. The van der Waals surface area contributed by atoms with Crippen molar-refractivity contribution in [3.05, 3.63) is 30.5 Å². The highest BCUT2D eigenvalue weighted by Crippen LogP contribution is 2.25. The van der Waals surface area contributed by atoms with Crippen LogP contribution >= 0.6 is 0 Å². The highest BCUT2D eigenvalue weighted by Gasteiger charge is 2.39. The summed E-state index contributed by atoms with van der Waals surface area (Å²) in [5, 5.41) is 8.95. The Morgan fingerprint density at radius 1 is 1.48 bits per heavy atom. The van der Waals surface area contributed by atoms with E-state index in [1.807, 2.05) is 42.1 Å². The van der Waals surface area contributed by atoms with Gasteiger partial charge in [-0.3, -0.25) is 14.8 Å². The molecule has 0 aliphatic heterocycles. The summed E-state index contributed by atoms with van der Waals surface area (Å²) in [6.07, 6.45) is 4.79. The van der Waals surface area contributed by atoms with E-state index in [9.17, 15) is 4.79 Å². The van der Waals surface area contributed by atoms with Crippen molar-refractivity contribution < 1.29 is 9.53 Å². The van der Waals surface area contributed by atoms with E-state index in [-0.39, 0.29) is 5.97 Å². The number of benzene rings is 1. The molecule has 1 atom stereocenters. The highest BCUT2D eigenvalue weighted by molar-refractivity contribution is 5.80. The van der Waals surface area contributed by atoms with Crippen LogP contribution < -0.4 is 5.32 Å². The average Bonchev–Trinajstić information content (AvgIpc) is 3.21. The Morgan fingerprint density at radius 3 is 2.95 bits per heavy atom. The van der Waals surface area contributed by atoms with Gasteiger partial charge in [0.25, 0.3) is 0 Å². The number of aromatic nitrogens is 2. The maximum absolute atomic E-state index is 12.1. The number of methoxy groups -OCH3 is 1. The molecule has 21 heavy (non-hydrogen) atoms. The second-order valence-corrected chi connectivity index (χ2v) is 5.92. The highest BCUT2D eigenvalue weighted by atomic mass is 16.5. The summed E-state index contributed by atoms with van der Waals surface area (Å²) in [5.74, 6) is -0.203. The molecule has 1 fully saturated rings. The molecule has 0 saturated heterocycles. The number of hydrogen-bond acceptors (Lipinski definition) is 4. The van der Waals surface area contributed by atoms with Crippen LogP contribution in [0.5, 0.6) is 0 Å². The van der Waals surface area contributed by atoms with Crippen LogP contribution in [-0.2, 0) is 16.1 Å². The van der Waals surface area contributed by atoms with Gasteiger partial charge in [-0.05, 0) is 32.3 Å².